The molecule has 24 heteroatoms. The number of nitrogens with zero attached hydrogens (tertiary/aromatic N) is 7. The van der Waals surface area contributed by atoms with Crippen LogP contribution in [0, 0.1) is 22.7 Å². The number of carbonyl (C=O) groups is 2. The van der Waals surface area contributed by atoms with Crippen LogP contribution in [0.3, 0.4) is 0 Å². The number of nitrogens with one attached hydrogen (secondary N) is 3. The Bertz CT molecular complexity index is 3420. The molecule has 4 aromatic heterocycles. The van der Waals surface area contributed by atoms with E-state index in [1.165, 1.54) is 74.3 Å². The fraction of sp³-hybridized carbons (Fsp3) is 0.464. The summed E-state index contributed by atoms with van der Waals surface area (Å²) in [6.45, 7) is 20.6. The number of aromatic nitrogens is 6. The minimum absolute atomic E-state index is 0. The molecule has 0 unspecified atom stereocenters. The summed E-state index contributed by atoms with van der Waals surface area (Å²) in [5.74, 6) is 2.54. The maximum absolute atomic E-state index is 13.5. The van der Waals surface area contributed by atoms with E-state index in [0.717, 1.165) is 38.0 Å². The molecule has 80 heavy (non-hydrogen) atoms. The van der Waals surface area contributed by atoms with Gasteiger partial charge in [-0.2, -0.15) is 0 Å². The number of ether oxygens (including phenoxy) is 4. The Balaban J connectivity index is 0.000000203. The number of pyridine rings is 2. The molecule has 432 valence electrons. The van der Waals surface area contributed by atoms with Crippen molar-refractivity contribution in [2.24, 2.45) is 22.7 Å². The molecule has 3 N–H and O–H groups in total. The van der Waals surface area contributed by atoms with Gasteiger partial charge in [0.1, 0.15) is 22.5 Å². The number of methoxy groups -OCH3 is 2. The Morgan fingerprint density at radius 2 is 1.14 bits per heavy atom. The van der Waals surface area contributed by atoms with Crippen molar-refractivity contribution in [3.63, 3.8) is 0 Å². The normalized spacial score (nSPS) is 18.9. The standard InChI is InChI=1S/C28H35N5O5S.C21H21ClN4O5S.C7H15N.ClH/c1-19-16-27(2,3)32(17-19)25-22(26(34)31-39(35,36)21-8-6-7-20(15-21)37-5)9-10-23(29-25)33-14-11-24(30-33)38-18-28(4)12-13-28;1-21(9-10-21)13-31-18-8-11-26(24-18)17-7-6-16(19(22)23-17)20(27)25-32(28,29)15-5-3-4-14(12-15)30-2;1-6-4-7(2,3)8-5-6;/h6-11,14-15,19H,12-13,16-18H2,1-5H3,(H,31,34);3-8,11-12H,9-10,13H2,1-2H3,(H,25,27);6,8H,4-5H2,1-3H3;1H/t19-;;6-;/m0.0./s1. The highest BCUT2D eigenvalue weighted by molar-refractivity contribution is 7.90. The molecule has 0 spiro atoms. The van der Waals surface area contributed by atoms with Crippen LogP contribution in [0.5, 0.6) is 23.3 Å². The third kappa shape index (κ3) is 15.5. The molecule has 6 aromatic rings. The lowest BCUT2D eigenvalue weighted by Gasteiger charge is -2.34. The zero-order chi connectivity index (χ0) is 57.1. The quantitative estimate of drug-likeness (QED) is 0.0721. The molecule has 2 aliphatic heterocycles. The average molecular weight is 1180 g/mol. The van der Waals surface area contributed by atoms with Crippen molar-refractivity contribution in [1.29, 1.82) is 0 Å². The number of sulfonamides is 2. The van der Waals surface area contributed by atoms with E-state index in [0.29, 0.717) is 71.9 Å². The first-order chi connectivity index (χ1) is 37.2. The van der Waals surface area contributed by atoms with Crippen LogP contribution in [-0.4, -0.2) is 110 Å². The Hall–Kier alpha value is -6.46. The van der Waals surface area contributed by atoms with Gasteiger partial charge in [0.05, 0.1) is 48.4 Å². The van der Waals surface area contributed by atoms with Gasteiger partial charge in [-0.25, -0.2) is 45.6 Å². The summed E-state index contributed by atoms with van der Waals surface area (Å²) in [7, 11) is -5.42. The van der Waals surface area contributed by atoms with E-state index in [4.69, 9.17) is 35.5 Å². The third-order valence-corrected chi connectivity index (χ3v) is 17.3. The number of halogens is 2. The summed E-state index contributed by atoms with van der Waals surface area (Å²) in [5.41, 5.74) is 0.660. The van der Waals surface area contributed by atoms with Crippen LogP contribution < -0.4 is 38.6 Å². The number of anilines is 1. The fourth-order valence-corrected chi connectivity index (χ4v) is 11.6. The van der Waals surface area contributed by atoms with Gasteiger partial charge in [-0.15, -0.1) is 22.6 Å². The molecule has 20 nitrogen and oxygen atoms in total. The number of hydrogen-bond donors (Lipinski definition) is 3. The molecule has 10 rings (SSSR count). The Kier molecular flexibility index (Phi) is 18.6. The molecule has 4 fully saturated rings. The van der Waals surface area contributed by atoms with Crippen molar-refractivity contribution in [1.82, 2.24) is 44.3 Å². The molecule has 4 aliphatic rings. The predicted molar refractivity (Wildman–Crippen MR) is 307 cm³/mol. The third-order valence-electron chi connectivity index (χ3n) is 14.4. The molecule has 2 aliphatic carbocycles. The molecular formula is C56H72Cl2N10O10S2. The van der Waals surface area contributed by atoms with Gasteiger partial charge >= 0.3 is 0 Å². The molecule has 6 heterocycles. The summed E-state index contributed by atoms with van der Waals surface area (Å²) < 4.78 is 80.3. The second kappa shape index (κ2) is 24.3. The summed E-state index contributed by atoms with van der Waals surface area (Å²) in [5, 5.41) is 12.1. The van der Waals surface area contributed by atoms with Crippen molar-refractivity contribution in [3.05, 3.63) is 114 Å². The first-order valence-electron chi connectivity index (χ1n) is 26.2. The first-order valence-corrected chi connectivity index (χ1v) is 29.5. The molecule has 2 aromatic carbocycles. The van der Waals surface area contributed by atoms with Gasteiger partial charge in [0.2, 0.25) is 11.8 Å². The molecule has 0 bridgehead atoms. The van der Waals surface area contributed by atoms with Gasteiger partial charge < -0.3 is 29.2 Å². The molecule has 2 saturated carbocycles. The SMILES string of the molecule is COc1cccc(S(=O)(=O)NC(=O)c2ccc(-n3ccc(OCC4(C)CC4)n3)nc2Cl)c1.COc1cccc(S(=O)(=O)NC(=O)c2ccc(-n3ccc(OCC4(C)CC4)n3)nc2N2C[C@@H](C)CC2(C)C)c1.C[C@@H]1CNC(C)(C)C1.Cl. The largest absolute Gasteiger partial charge is 0.497 e. The summed E-state index contributed by atoms with van der Waals surface area (Å²) in [4.78, 5) is 36.9. The molecule has 2 saturated heterocycles. The lowest BCUT2D eigenvalue weighted by Crippen LogP contribution is -2.41. The van der Waals surface area contributed by atoms with Gasteiger partial charge in [-0.05, 0) is 133 Å². The van der Waals surface area contributed by atoms with E-state index >= 15 is 0 Å². The van der Waals surface area contributed by atoms with Crippen molar-refractivity contribution in [2.45, 2.75) is 115 Å². The molecular weight excluding hydrogens is 1110 g/mol. The highest BCUT2D eigenvalue weighted by Crippen LogP contribution is 2.46. The predicted octanol–water partition coefficient (Wildman–Crippen LogP) is 9.24. The highest BCUT2D eigenvalue weighted by Gasteiger charge is 2.41. The topological polar surface area (TPSA) is 240 Å². The summed E-state index contributed by atoms with van der Waals surface area (Å²) in [6.07, 6.45) is 10.2. The minimum atomic E-state index is -4.15. The van der Waals surface area contributed by atoms with Crippen LogP contribution >= 0.6 is 24.0 Å². The fourth-order valence-electron chi connectivity index (χ4n) is 9.34. The van der Waals surface area contributed by atoms with Crippen LogP contribution in [0.4, 0.5) is 5.82 Å². The monoisotopic (exact) mass is 1180 g/mol. The summed E-state index contributed by atoms with van der Waals surface area (Å²) >= 11 is 6.17. The van der Waals surface area contributed by atoms with Crippen LogP contribution in [-0.2, 0) is 20.0 Å². The van der Waals surface area contributed by atoms with E-state index in [1.54, 1.807) is 59.5 Å². The molecule has 2 atom stereocenters. The number of amides is 2. The van der Waals surface area contributed by atoms with Crippen LogP contribution in [0.1, 0.15) is 115 Å². The van der Waals surface area contributed by atoms with Crippen LogP contribution in [0.2, 0.25) is 5.15 Å². The van der Waals surface area contributed by atoms with Gasteiger partial charge in [-0.3, -0.25) is 9.59 Å². The second-order valence-corrected chi connectivity index (χ2v) is 26.7. The van der Waals surface area contributed by atoms with Gasteiger partial charge in [0.15, 0.2) is 11.6 Å². The van der Waals surface area contributed by atoms with E-state index < -0.39 is 31.9 Å². The maximum atomic E-state index is 13.5. The minimum Gasteiger partial charge on any atom is -0.497 e. The van der Waals surface area contributed by atoms with E-state index in [1.807, 2.05) is 4.72 Å². The lowest BCUT2D eigenvalue weighted by molar-refractivity contribution is 0.0972. The second-order valence-electron chi connectivity index (χ2n) is 23.0. The number of carbonyl (C=O) groups excluding carboxylic acids is 2. The Labute approximate surface area is 480 Å². The van der Waals surface area contributed by atoms with Crippen molar-refractivity contribution in [2.75, 3.05) is 45.4 Å². The van der Waals surface area contributed by atoms with Crippen LogP contribution in [0.15, 0.2) is 107 Å². The van der Waals surface area contributed by atoms with E-state index in [-0.39, 0.29) is 54.8 Å². The molecule has 2 amide bonds. The molecule has 0 radical (unpaired) electrons. The van der Waals surface area contributed by atoms with Crippen molar-refractivity contribution >= 4 is 61.7 Å². The lowest BCUT2D eigenvalue weighted by atomic mass is 9.97. The Morgan fingerprint density at radius 3 is 1.54 bits per heavy atom. The number of hydrogen-bond acceptors (Lipinski definition) is 16. The first kappa shape index (κ1) is 61.2. The smallest absolute Gasteiger partial charge is 0.268 e. The van der Waals surface area contributed by atoms with E-state index in [2.05, 4.69) is 85.5 Å². The highest BCUT2D eigenvalue weighted by atomic mass is 35.5. The summed E-state index contributed by atoms with van der Waals surface area (Å²) in [6, 6.07) is 21.4. The zero-order valence-electron chi connectivity index (χ0n) is 46.8. The van der Waals surface area contributed by atoms with Gasteiger partial charge in [0, 0.05) is 65.1 Å². The van der Waals surface area contributed by atoms with E-state index in [9.17, 15) is 26.4 Å². The van der Waals surface area contributed by atoms with Crippen molar-refractivity contribution < 1.29 is 45.4 Å². The van der Waals surface area contributed by atoms with Gasteiger partial charge in [0.25, 0.3) is 31.9 Å². The number of rotatable bonds is 17. The maximum Gasteiger partial charge on any atom is 0.268 e. The van der Waals surface area contributed by atoms with Gasteiger partial charge in [-0.1, -0.05) is 51.4 Å². The van der Waals surface area contributed by atoms with Crippen molar-refractivity contribution in [3.8, 4) is 34.9 Å². The van der Waals surface area contributed by atoms with Crippen LogP contribution in [0.25, 0.3) is 11.6 Å². The average Bonchev–Trinajstić information content (AvgIpc) is 4.05. The zero-order valence-corrected chi connectivity index (χ0v) is 50.0. The number of benzene rings is 2. The Morgan fingerprint density at radius 1 is 0.662 bits per heavy atom.